The van der Waals surface area contributed by atoms with E-state index in [-0.39, 0.29) is 5.41 Å². The molecule has 1 fully saturated rings. The van der Waals surface area contributed by atoms with Gasteiger partial charge in [-0.3, -0.25) is 4.68 Å². The minimum absolute atomic E-state index is 0.256. The summed E-state index contributed by atoms with van der Waals surface area (Å²) < 4.78 is 2.18. The summed E-state index contributed by atoms with van der Waals surface area (Å²) in [4.78, 5) is 0. The van der Waals surface area contributed by atoms with Gasteiger partial charge in [-0.1, -0.05) is 33.6 Å². The topological polar surface area (TPSA) is 43.8 Å². The summed E-state index contributed by atoms with van der Waals surface area (Å²) in [6.45, 7) is 7.52. The van der Waals surface area contributed by atoms with Gasteiger partial charge < -0.3 is 5.73 Å². The molecule has 0 saturated heterocycles. The summed E-state index contributed by atoms with van der Waals surface area (Å²) in [7, 11) is 0. The molecule has 1 aromatic heterocycles. The van der Waals surface area contributed by atoms with Crippen LogP contribution in [0, 0.1) is 11.3 Å². The standard InChI is InChI=1S/C15H27N3/c1-15(2,3)12(11-16)10-13-8-9-18(17-13)14-6-4-5-7-14/h8-9,12,14H,4-7,10-11,16H2,1-3H3. The Balaban J connectivity index is 2.01. The maximum Gasteiger partial charge on any atom is 0.0628 e. The molecule has 0 spiro atoms. The van der Waals surface area contributed by atoms with Gasteiger partial charge in [0, 0.05) is 6.20 Å². The number of rotatable bonds is 4. The normalized spacial score (nSPS) is 19.3. The van der Waals surface area contributed by atoms with Gasteiger partial charge in [0.2, 0.25) is 0 Å². The van der Waals surface area contributed by atoms with Crippen LogP contribution >= 0.6 is 0 Å². The fourth-order valence-corrected chi connectivity index (χ4v) is 2.85. The average molecular weight is 249 g/mol. The van der Waals surface area contributed by atoms with E-state index in [0.29, 0.717) is 12.0 Å². The molecule has 1 heterocycles. The first-order chi connectivity index (χ1) is 8.50. The Morgan fingerprint density at radius 1 is 1.39 bits per heavy atom. The molecule has 0 amide bonds. The second-order valence-electron chi connectivity index (χ2n) is 6.73. The van der Waals surface area contributed by atoms with E-state index < -0.39 is 0 Å². The molecule has 0 aliphatic heterocycles. The quantitative estimate of drug-likeness (QED) is 0.890. The van der Waals surface area contributed by atoms with Gasteiger partial charge in [0.05, 0.1) is 11.7 Å². The lowest BCUT2D eigenvalue weighted by Gasteiger charge is -2.29. The summed E-state index contributed by atoms with van der Waals surface area (Å²) in [5, 5.41) is 4.75. The lowest BCUT2D eigenvalue weighted by atomic mass is 9.78. The van der Waals surface area contributed by atoms with Crippen molar-refractivity contribution in [1.82, 2.24) is 9.78 Å². The molecular weight excluding hydrogens is 222 g/mol. The molecule has 1 aromatic rings. The molecule has 1 atom stereocenters. The van der Waals surface area contributed by atoms with Crippen molar-refractivity contribution < 1.29 is 0 Å². The first-order valence-electron chi connectivity index (χ1n) is 7.25. The summed E-state index contributed by atoms with van der Waals surface area (Å²) in [5.74, 6) is 0.504. The highest BCUT2D eigenvalue weighted by molar-refractivity contribution is 5.03. The van der Waals surface area contributed by atoms with E-state index in [1.165, 1.54) is 31.4 Å². The Bertz CT molecular complexity index is 369. The largest absolute Gasteiger partial charge is 0.330 e. The smallest absolute Gasteiger partial charge is 0.0628 e. The van der Waals surface area contributed by atoms with E-state index in [4.69, 9.17) is 10.8 Å². The zero-order valence-electron chi connectivity index (χ0n) is 12.0. The van der Waals surface area contributed by atoms with E-state index in [9.17, 15) is 0 Å². The molecule has 102 valence electrons. The summed E-state index contributed by atoms with van der Waals surface area (Å²) in [6.07, 6.45) is 8.45. The molecule has 3 nitrogen and oxygen atoms in total. The van der Waals surface area contributed by atoms with Gasteiger partial charge in [-0.2, -0.15) is 5.10 Å². The lowest BCUT2D eigenvalue weighted by Crippen LogP contribution is -2.30. The Hall–Kier alpha value is -0.830. The fourth-order valence-electron chi connectivity index (χ4n) is 2.85. The molecule has 18 heavy (non-hydrogen) atoms. The van der Waals surface area contributed by atoms with E-state index >= 15 is 0 Å². The maximum atomic E-state index is 5.90. The van der Waals surface area contributed by atoms with Crippen LogP contribution in [-0.4, -0.2) is 16.3 Å². The van der Waals surface area contributed by atoms with Crippen LogP contribution in [0.3, 0.4) is 0 Å². The molecule has 0 bridgehead atoms. The van der Waals surface area contributed by atoms with Crippen molar-refractivity contribution in [3.63, 3.8) is 0 Å². The summed E-state index contributed by atoms with van der Waals surface area (Å²) in [6, 6.07) is 2.82. The summed E-state index contributed by atoms with van der Waals surface area (Å²) >= 11 is 0. The summed E-state index contributed by atoms with van der Waals surface area (Å²) in [5.41, 5.74) is 7.36. The van der Waals surface area contributed by atoms with Crippen molar-refractivity contribution in [2.75, 3.05) is 6.54 Å². The maximum absolute atomic E-state index is 5.90. The first kappa shape index (κ1) is 13.6. The van der Waals surface area contributed by atoms with Gasteiger partial charge in [-0.15, -0.1) is 0 Å². The molecule has 2 rings (SSSR count). The molecule has 1 unspecified atom stereocenters. The average Bonchev–Trinajstić information content (AvgIpc) is 2.94. The molecule has 3 heteroatoms. The Morgan fingerprint density at radius 3 is 2.61 bits per heavy atom. The van der Waals surface area contributed by atoms with Gasteiger partial charge in [0.15, 0.2) is 0 Å². The van der Waals surface area contributed by atoms with Crippen LogP contribution in [-0.2, 0) is 6.42 Å². The van der Waals surface area contributed by atoms with Gasteiger partial charge in [-0.05, 0) is 43.2 Å². The van der Waals surface area contributed by atoms with Crippen molar-refractivity contribution in [3.05, 3.63) is 18.0 Å². The van der Waals surface area contributed by atoms with Crippen LogP contribution in [0.2, 0.25) is 0 Å². The van der Waals surface area contributed by atoms with Crippen molar-refractivity contribution in [3.8, 4) is 0 Å². The zero-order chi connectivity index (χ0) is 13.2. The molecule has 1 aliphatic rings. The van der Waals surface area contributed by atoms with E-state index in [1.54, 1.807) is 0 Å². The van der Waals surface area contributed by atoms with Gasteiger partial charge >= 0.3 is 0 Å². The van der Waals surface area contributed by atoms with E-state index in [2.05, 4.69) is 37.7 Å². The molecule has 1 saturated carbocycles. The first-order valence-corrected chi connectivity index (χ1v) is 7.25. The second kappa shape index (κ2) is 5.43. The van der Waals surface area contributed by atoms with Gasteiger partial charge in [0.25, 0.3) is 0 Å². The zero-order valence-corrected chi connectivity index (χ0v) is 12.0. The molecule has 0 aromatic carbocycles. The van der Waals surface area contributed by atoms with Crippen LogP contribution in [0.25, 0.3) is 0 Å². The third-order valence-electron chi connectivity index (χ3n) is 4.33. The van der Waals surface area contributed by atoms with Crippen molar-refractivity contribution in [1.29, 1.82) is 0 Å². The molecular formula is C15H27N3. The monoisotopic (exact) mass is 249 g/mol. The van der Waals surface area contributed by atoms with Crippen LogP contribution in [0.5, 0.6) is 0 Å². The number of nitrogens with zero attached hydrogens (tertiary/aromatic N) is 2. The highest BCUT2D eigenvalue weighted by Gasteiger charge is 2.25. The minimum Gasteiger partial charge on any atom is -0.330 e. The van der Waals surface area contributed by atoms with Crippen LogP contribution in [0.1, 0.15) is 58.2 Å². The van der Waals surface area contributed by atoms with Gasteiger partial charge in [-0.25, -0.2) is 0 Å². The third-order valence-corrected chi connectivity index (χ3v) is 4.33. The fraction of sp³-hybridized carbons (Fsp3) is 0.800. The van der Waals surface area contributed by atoms with Crippen LogP contribution in [0.4, 0.5) is 0 Å². The lowest BCUT2D eigenvalue weighted by molar-refractivity contribution is 0.243. The third kappa shape index (κ3) is 3.14. The van der Waals surface area contributed by atoms with Gasteiger partial charge in [0.1, 0.15) is 0 Å². The minimum atomic E-state index is 0.256. The Morgan fingerprint density at radius 2 is 2.06 bits per heavy atom. The Kier molecular flexibility index (Phi) is 4.10. The van der Waals surface area contributed by atoms with Crippen molar-refractivity contribution >= 4 is 0 Å². The Labute approximate surface area is 111 Å². The SMILES string of the molecule is CC(C)(C)C(CN)Cc1ccn(C2CCCC2)n1. The number of hydrogen-bond acceptors (Lipinski definition) is 2. The van der Waals surface area contributed by atoms with Crippen molar-refractivity contribution in [2.45, 2.75) is 58.9 Å². The number of aromatic nitrogens is 2. The highest BCUT2D eigenvalue weighted by atomic mass is 15.3. The molecule has 2 N–H and O–H groups in total. The predicted molar refractivity (Wildman–Crippen MR) is 75.4 cm³/mol. The predicted octanol–water partition coefficient (Wildman–Crippen LogP) is 3.16. The second-order valence-corrected chi connectivity index (χ2v) is 6.73. The van der Waals surface area contributed by atoms with Crippen molar-refractivity contribution in [2.24, 2.45) is 17.1 Å². The van der Waals surface area contributed by atoms with Crippen LogP contribution in [0.15, 0.2) is 12.3 Å². The van der Waals surface area contributed by atoms with Crippen LogP contribution < -0.4 is 5.73 Å². The molecule has 0 radical (unpaired) electrons. The number of hydrogen-bond donors (Lipinski definition) is 1. The van der Waals surface area contributed by atoms with E-state index in [0.717, 1.165) is 13.0 Å². The molecule has 1 aliphatic carbocycles. The number of nitrogens with two attached hydrogens (primary N) is 1. The van der Waals surface area contributed by atoms with E-state index in [1.807, 2.05) is 0 Å². The highest BCUT2D eigenvalue weighted by Crippen LogP contribution is 2.30.